The van der Waals surface area contributed by atoms with Crippen LogP contribution in [-0.2, 0) is 19.3 Å². The van der Waals surface area contributed by atoms with Gasteiger partial charge in [0, 0.05) is 25.3 Å². The zero-order valence-electron chi connectivity index (χ0n) is 11.2. The molecule has 6 heteroatoms. The SMILES string of the molecule is Nc1ccc(S(=O)(=O)C2CCOC3(CCOC3)C2)cc1. The largest absolute Gasteiger partial charge is 0.399 e. The second kappa shape index (κ2) is 5.02. The highest BCUT2D eigenvalue weighted by molar-refractivity contribution is 7.92. The van der Waals surface area contributed by atoms with E-state index in [0.717, 1.165) is 6.42 Å². The fraction of sp³-hybridized carbons (Fsp3) is 0.571. The van der Waals surface area contributed by atoms with Crippen molar-refractivity contribution in [3.63, 3.8) is 0 Å². The Morgan fingerprint density at radius 1 is 1.20 bits per heavy atom. The third-order valence-electron chi connectivity index (χ3n) is 4.16. The van der Waals surface area contributed by atoms with Crippen LogP contribution in [0.2, 0.25) is 0 Å². The lowest BCUT2D eigenvalue weighted by molar-refractivity contribution is -0.0778. The Labute approximate surface area is 119 Å². The van der Waals surface area contributed by atoms with Crippen LogP contribution >= 0.6 is 0 Å². The summed E-state index contributed by atoms with van der Waals surface area (Å²) in [4.78, 5) is 0.340. The van der Waals surface area contributed by atoms with Gasteiger partial charge in [-0.05, 0) is 37.1 Å². The van der Waals surface area contributed by atoms with E-state index in [1.54, 1.807) is 24.3 Å². The zero-order valence-corrected chi connectivity index (χ0v) is 12.1. The van der Waals surface area contributed by atoms with E-state index in [9.17, 15) is 8.42 Å². The van der Waals surface area contributed by atoms with Crippen molar-refractivity contribution in [2.24, 2.45) is 0 Å². The summed E-state index contributed by atoms with van der Waals surface area (Å²) in [5.74, 6) is 0. The first kappa shape index (κ1) is 13.9. The van der Waals surface area contributed by atoms with Crippen LogP contribution < -0.4 is 5.73 Å². The Morgan fingerprint density at radius 2 is 1.95 bits per heavy atom. The van der Waals surface area contributed by atoms with Crippen molar-refractivity contribution in [1.29, 1.82) is 0 Å². The van der Waals surface area contributed by atoms with Crippen molar-refractivity contribution < 1.29 is 17.9 Å². The van der Waals surface area contributed by atoms with Crippen molar-refractivity contribution in [2.45, 2.75) is 35.0 Å². The first-order chi connectivity index (χ1) is 9.52. The molecule has 20 heavy (non-hydrogen) atoms. The second-order valence-electron chi connectivity index (χ2n) is 5.56. The van der Waals surface area contributed by atoms with Gasteiger partial charge in [-0.3, -0.25) is 0 Å². The van der Waals surface area contributed by atoms with Crippen LogP contribution in [0.25, 0.3) is 0 Å². The van der Waals surface area contributed by atoms with Gasteiger partial charge in [0.2, 0.25) is 0 Å². The zero-order chi connectivity index (χ0) is 14.2. The highest BCUT2D eigenvalue weighted by atomic mass is 32.2. The molecule has 0 radical (unpaired) electrons. The molecule has 2 N–H and O–H groups in total. The summed E-state index contributed by atoms with van der Waals surface area (Å²) in [6.07, 6.45) is 1.83. The van der Waals surface area contributed by atoms with Crippen LogP contribution in [0.3, 0.4) is 0 Å². The van der Waals surface area contributed by atoms with E-state index >= 15 is 0 Å². The number of sulfone groups is 1. The summed E-state index contributed by atoms with van der Waals surface area (Å²) in [6, 6.07) is 6.41. The molecule has 0 amide bonds. The second-order valence-corrected chi connectivity index (χ2v) is 7.79. The molecule has 2 aliphatic rings. The average molecular weight is 297 g/mol. The smallest absolute Gasteiger partial charge is 0.181 e. The molecule has 1 aromatic carbocycles. The molecule has 0 aromatic heterocycles. The van der Waals surface area contributed by atoms with Gasteiger partial charge in [-0.15, -0.1) is 0 Å². The van der Waals surface area contributed by atoms with Gasteiger partial charge in [0.05, 0.1) is 22.4 Å². The molecule has 2 fully saturated rings. The Morgan fingerprint density at radius 3 is 2.60 bits per heavy atom. The van der Waals surface area contributed by atoms with Gasteiger partial charge in [0.15, 0.2) is 9.84 Å². The lowest BCUT2D eigenvalue weighted by Gasteiger charge is -2.36. The van der Waals surface area contributed by atoms with E-state index in [4.69, 9.17) is 15.2 Å². The summed E-state index contributed by atoms with van der Waals surface area (Å²) >= 11 is 0. The first-order valence-corrected chi connectivity index (χ1v) is 8.38. The number of nitrogen functional groups attached to an aromatic ring is 1. The maximum absolute atomic E-state index is 12.7. The predicted octanol–water partition coefficient (Wildman–Crippen LogP) is 1.38. The maximum atomic E-state index is 12.7. The molecule has 1 aromatic rings. The number of nitrogens with two attached hydrogens (primary N) is 1. The Hall–Kier alpha value is -1.11. The summed E-state index contributed by atoms with van der Waals surface area (Å²) in [5.41, 5.74) is 5.78. The third-order valence-corrected chi connectivity index (χ3v) is 6.37. The summed E-state index contributed by atoms with van der Waals surface area (Å²) in [7, 11) is -3.33. The molecule has 2 heterocycles. The van der Waals surface area contributed by atoms with Crippen LogP contribution in [0.1, 0.15) is 19.3 Å². The van der Waals surface area contributed by atoms with Crippen LogP contribution in [0.5, 0.6) is 0 Å². The van der Waals surface area contributed by atoms with E-state index in [1.807, 2.05) is 0 Å². The molecule has 3 rings (SSSR count). The van der Waals surface area contributed by atoms with Gasteiger partial charge in [-0.2, -0.15) is 0 Å². The number of hydrogen-bond donors (Lipinski definition) is 1. The molecule has 2 unspecified atom stereocenters. The normalized spacial score (nSPS) is 30.7. The minimum atomic E-state index is -3.33. The van der Waals surface area contributed by atoms with Crippen molar-refractivity contribution in [3.05, 3.63) is 24.3 Å². The number of rotatable bonds is 2. The van der Waals surface area contributed by atoms with E-state index < -0.39 is 20.7 Å². The first-order valence-electron chi connectivity index (χ1n) is 6.83. The van der Waals surface area contributed by atoms with Gasteiger partial charge in [0.1, 0.15) is 0 Å². The van der Waals surface area contributed by atoms with Gasteiger partial charge < -0.3 is 15.2 Å². The number of ether oxygens (including phenoxy) is 2. The van der Waals surface area contributed by atoms with Gasteiger partial charge in [-0.1, -0.05) is 0 Å². The van der Waals surface area contributed by atoms with Crippen LogP contribution in [0, 0.1) is 0 Å². The Kier molecular flexibility index (Phi) is 3.48. The van der Waals surface area contributed by atoms with E-state index in [-0.39, 0.29) is 0 Å². The van der Waals surface area contributed by atoms with E-state index in [1.165, 1.54) is 0 Å². The molecule has 2 atom stereocenters. The number of benzene rings is 1. The van der Waals surface area contributed by atoms with E-state index in [2.05, 4.69) is 0 Å². The molecule has 0 aliphatic carbocycles. The lowest BCUT2D eigenvalue weighted by atomic mass is 9.93. The monoisotopic (exact) mass is 297 g/mol. The van der Waals surface area contributed by atoms with E-state index in [0.29, 0.717) is 43.2 Å². The summed E-state index contributed by atoms with van der Waals surface area (Å²) in [5, 5.41) is -0.401. The van der Waals surface area contributed by atoms with Gasteiger partial charge in [-0.25, -0.2) is 8.42 Å². The molecule has 0 bridgehead atoms. The van der Waals surface area contributed by atoms with Gasteiger partial charge >= 0.3 is 0 Å². The molecule has 2 saturated heterocycles. The topological polar surface area (TPSA) is 78.6 Å². The van der Waals surface area contributed by atoms with Crippen molar-refractivity contribution >= 4 is 15.5 Å². The van der Waals surface area contributed by atoms with Crippen molar-refractivity contribution in [3.8, 4) is 0 Å². The quantitative estimate of drug-likeness (QED) is 0.834. The summed E-state index contributed by atoms with van der Waals surface area (Å²) < 4.78 is 36.6. The predicted molar refractivity (Wildman–Crippen MR) is 75.2 cm³/mol. The molecule has 2 aliphatic heterocycles. The van der Waals surface area contributed by atoms with Gasteiger partial charge in [0.25, 0.3) is 0 Å². The third kappa shape index (κ3) is 2.43. The number of anilines is 1. The molecule has 5 nitrogen and oxygen atoms in total. The minimum Gasteiger partial charge on any atom is -0.399 e. The molecular formula is C14H19NO4S. The maximum Gasteiger partial charge on any atom is 0.181 e. The lowest BCUT2D eigenvalue weighted by Crippen LogP contribution is -2.45. The highest BCUT2D eigenvalue weighted by Crippen LogP contribution is 2.37. The Balaban J connectivity index is 1.85. The fourth-order valence-electron chi connectivity index (χ4n) is 2.96. The minimum absolute atomic E-state index is 0.340. The van der Waals surface area contributed by atoms with Crippen LogP contribution in [0.15, 0.2) is 29.2 Å². The standard InChI is InChI=1S/C14H19NO4S/c15-11-1-3-12(4-2-11)20(16,17)13-5-7-19-14(9-13)6-8-18-10-14/h1-4,13H,5-10,15H2. The highest BCUT2D eigenvalue weighted by Gasteiger charge is 2.45. The molecule has 110 valence electrons. The fourth-order valence-corrected chi connectivity index (χ4v) is 4.79. The molecule has 0 saturated carbocycles. The molecule has 1 spiro atoms. The number of hydrogen-bond acceptors (Lipinski definition) is 5. The average Bonchev–Trinajstić information content (AvgIpc) is 2.87. The van der Waals surface area contributed by atoms with Crippen LogP contribution in [0.4, 0.5) is 5.69 Å². The van der Waals surface area contributed by atoms with Crippen molar-refractivity contribution in [1.82, 2.24) is 0 Å². The van der Waals surface area contributed by atoms with Crippen LogP contribution in [-0.4, -0.2) is 39.1 Å². The summed E-state index contributed by atoms with van der Waals surface area (Å²) in [6.45, 7) is 1.62. The Bertz CT molecular complexity index is 576. The molecular weight excluding hydrogens is 278 g/mol. The van der Waals surface area contributed by atoms with Crippen molar-refractivity contribution in [2.75, 3.05) is 25.6 Å².